The largest absolute Gasteiger partial charge is 0.462 e. The average Bonchev–Trinajstić information content (AvgIpc) is 3.34. The third-order valence-corrected chi connectivity index (χ3v) is 5.87. The lowest BCUT2D eigenvalue weighted by Crippen LogP contribution is -2.37. The fourth-order valence-corrected chi connectivity index (χ4v) is 4.20. The molecule has 1 unspecified atom stereocenters. The van der Waals surface area contributed by atoms with E-state index in [0.717, 1.165) is 0 Å². The van der Waals surface area contributed by atoms with Crippen molar-refractivity contribution >= 4 is 46.8 Å². The van der Waals surface area contributed by atoms with Gasteiger partial charge in [0.05, 0.1) is 12.5 Å². The van der Waals surface area contributed by atoms with Crippen molar-refractivity contribution in [3.8, 4) is 5.88 Å². The second kappa shape index (κ2) is 8.55. The summed E-state index contributed by atoms with van der Waals surface area (Å²) in [6.45, 7) is 1.81. The molecule has 3 heterocycles. The fraction of sp³-hybridized carbons (Fsp3) is 0.125. The molecule has 5 rings (SSSR count). The Morgan fingerprint density at radius 2 is 1.76 bits per heavy atom. The Morgan fingerprint density at radius 3 is 2.41 bits per heavy atom. The Hall–Kier alpha value is -3.75. The molecule has 0 aliphatic carbocycles. The molecule has 0 radical (unpaired) electrons. The first-order chi connectivity index (χ1) is 16.4. The van der Waals surface area contributed by atoms with Gasteiger partial charge in [0.25, 0.3) is 6.01 Å². The SMILES string of the molecule is CCOC(=O)C1=c2oc(=O)/c(=C\c3ccc(Cl)cc3)n2-c2oc(N)nc2C1c1ccc(Cl)cc1. The number of ether oxygens (including phenoxy) is 1. The second-order valence-electron chi connectivity index (χ2n) is 7.47. The third kappa shape index (κ3) is 3.70. The van der Waals surface area contributed by atoms with Crippen molar-refractivity contribution in [1.82, 2.24) is 9.55 Å². The predicted octanol–water partition coefficient (Wildman–Crippen LogP) is 3.00. The number of carbonyl (C=O) groups excluding carboxylic acids is 1. The Balaban J connectivity index is 1.88. The molecule has 8 nitrogen and oxygen atoms in total. The van der Waals surface area contributed by atoms with Gasteiger partial charge in [-0.15, -0.1) is 0 Å². The van der Waals surface area contributed by atoms with Crippen LogP contribution < -0.4 is 22.3 Å². The van der Waals surface area contributed by atoms with Crippen LogP contribution in [0.4, 0.5) is 6.01 Å². The average molecular weight is 498 g/mol. The molecule has 1 atom stereocenters. The molecule has 0 bridgehead atoms. The van der Waals surface area contributed by atoms with Gasteiger partial charge in [-0.1, -0.05) is 47.5 Å². The number of anilines is 1. The lowest BCUT2D eigenvalue weighted by Gasteiger charge is -2.21. The zero-order valence-corrected chi connectivity index (χ0v) is 19.3. The quantitative estimate of drug-likeness (QED) is 0.431. The number of hydrogen-bond donors (Lipinski definition) is 1. The molecule has 1 aliphatic rings. The lowest BCUT2D eigenvalue weighted by atomic mass is 9.87. The van der Waals surface area contributed by atoms with Gasteiger partial charge < -0.3 is 19.3 Å². The summed E-state index contributed by atoms with van der Waals surface area (Å²) < 4.78 is 18.0. The van der Waals surface area contributed by atoms with E-state index in [-0.39, 0.29) is 35.0 Å². The number of benzene rings is 2. The van der Waals surface area contributed by atoms with Gasteiger partial charge in [0.1, 0.15) is 16.6 Å². The van der Waals surface area contributed by atoms with Gasteiger partial charge >= 0.3 is 11.6 Å². The molecule has 0 fully saturated rings. The van der Waals surface area contributed by atoms with E-state index in [1.165, 1.54) is 4.57 Å². The van der Waals surface area contributed by atoms with E-state index in [2.05, 4.69) is 4.98 Å². The maximum absolute atomic E-state index is 13.2. The summed E-state index contributed by atoms with van der Waals surface area (Å²) in [6, 6.07) is 13.6. The summed E-state index contributed by atoms with van der Waals surface area (Å²) >= 11 is 12.0. The standard InChI is InChI=1S/C24H17Cl2N3O5/c1-2-32-23(31)18-17(13-5-9-15(26)10-6-13)19-21(34-24(27)28-19)29-16(22(30)33-20(18)29)11-12-3-7-14(25)8-4-12/h3-11,17H,2H2,1H3,(H2,27,28)/b16-11+. The number of fused-ring (bicyclic) bond motifs is 3. The van der Waals surface area contributed by atoms with E-state index in [1.807, 2.05) is 0 Å². The molecule has 4 aromatic rings. The minimum Gasteiger partial charge on any atom is -0.462 e. The van der Waals surface area contributed by atoms with E-state index in [1.54, 1.807) is 61.5 Å². The Morgan fingerprint density at radius 1 is 1.12 bits per heavy atom. The van der Waals surface area contributed by atoms with Crippen LogP contribution in [-0.2, 0) is 9.53 Å². The van der Waals surface area contributed by atoms with Crippen molar-refractivity contribution < 1.29 is 18.4 Å². The number of aromatic nitrogens is 2. The number of nitrogens with zero attached hydrogens (tertiary/aromatic N) is 2. The Labute approximate surface area is 202 Å². The molecule has 172 valence electrons. The van der Waals surface area contributed by atoms with Gasteiger partial charge in [-0.2, -0.15) is 4.98 Å². The van der Waals surface area contributed by atoms with Gasteiger partial charge in [0.15, 0.2) is 0 Å². The minimum absolute atomic E-state index is 0.0211. The molecule has 0 saturated heterocycles. The van der Waals surface area contributed by atoms with Crippen LogP contribution in [0.25, 0.3) is 17.5 Å². The number of halogens is 2. The van der Waals surface area contributed by atoms with Gasteiger partial charge in [0.2, 0.25) is 11.4 Å². The number of esters is 1. The second-order valence-corrected chi connectivity index (χ2v) is 8.35. The first kappa shape index (κ1) is 22.1. The highest BCUT2D eigenvalue weighted by molar-refractivity contribution is 6.30. The Kier molecular flexibility index (Phi) is 5.55. The van der Waals surface area contributed by atoms with Gasteiger partial charge in [-0.05, 0) is 48.4 Å². The van der Waals surface area contributed by atoms with Crippen LogP contribution in [-0.4, -0.2) is 22.1 Å². The normalized spacial score (nSPS) is 15.2. The summed E-state index contributed by atoms with van der Waals surface area (Å²) in [5, 5.41) is 1.19. The highest BCUT2D eigenvalue weighted by Crippen LogP contribution is 2.38. The highest BCUT2D eigenvalue weighted by Gasteiger charge is 2.39. The van der Waals surface area contributed by atoms with Crippen molar-refractivity contribution in [3.05, 3.63) is 96.7 Å². The zero-order valence-electron chi connectivity index (χ0n) is 17.7. The fourth-order valence-electron chi connectivity index (χ4n) is 3.95. The molecule has 1 aliphatic heterocycles. The van der Waals surface area contributed by atoms with Crippen LogP contribution >= 0.6 is 23.2 Å². The number of nitrogen functional groups attached to an aromatic ring is 1. The van der Waals surface area contributed by atoms with Crippen molar-refractivity contribution in [3.63, 3.8) is 0 Å². The predicted molar refractivity (Wildman–Crippen MR) is 126 cm³/mol. The number of hydrogen-bond acceptors (Lipinski definition) is 7. The van der Waals surface area contributed by atoms with Crippen molar-refractivity contribution in [2.24, 2.45) is 0 Å². The molecule has 0 spiro atoms. The Bertz CT molecular complexity index is 1580. The monoisotopic (exact) mass is 497 g/mol. The van der Waals surface area contributed by atoms with Crippen molar-refractivity contribution in [2.45, 2.75) is 12.8 Å². The topological polar surface area (TPSA) is 113 Å². The van der Waals surface area contributed by atoms with Crippen LogP contribution in [0.2, 0.25) is 10.0 Å². The molecule has 2 N–H and O–H groups in total. The first-order valence-electron chi connectivity index (χ1n) is 10.3. The van der Waals surface area contributed by atoms with Gasteiger partial charge in [0, 0.05) is 10.0 Å². The molecule has 10 heteroatoms. The minimum atomic E-state index is -0.763. The number of oxazole rings is 2. The lowest BCUT2D eigenvalue weighted by molar-refractivity contribution is -0.136. The summed E-state index contributed by atoms with van der Waals surface area (Å²) in [5.74, 6) is -1.25. The summed E-state index contributed by atoms with van der Waals surface area (Å²) in [5.41, 5.74) is 7.00. The number of rotatable bonds is 4. The molecule has 2 aromatic heterocycles. The van der Waals surface area contributed by atoms with E-state index in [4.69, 9.17) is 42.5 Å². The molecular formula is C24H17Cl2N3O5. The third-order valence-electron chi connectivity index (χ3n) is 5.36. The van der Waals surface area contributed by atoms with Crippen LogP contribution in [0.3, 0.4) is 0 Å². The molecule has 0 saturated carbocycles. The van der Waals surface area contributed by atoms with Crippen molar-refractivity contribution in [2.75, 3.05) is 12.3 Å². The molecule has 34 heavy (non-hydrogen) atoms. The summed E-state index contributed by atoms with van der Waals surface area (Å²) in [4.78, 5) is 30.5. The maximum atomic E-state index is 13.2. The van der Waals surface area contributed by atoms with Crippen LogP contribution in [0.5, 0.6) is 0 Å². The molecular weight excluding hydrogens is 481 g/mol. The first-order valence-corrected chi connectivity index (χ1v) is 11.1. The number of nitrogens with two attached hydrogens (primary N) is 1. The van der Waals surface area contributed by atoms with E-state index < -0.39 is 17.5 Å². The van der Waals surface area contributed by atoms with Crippen LogP contribution in [0, 0.1) is 0 Å². The van der Waals surface area contributed by atoms with Crippen LogP contribution in [0.15, 0.2) is 62.2 Å². The van der Waals surface area contributed by atoms with Crippen molar-refractivity contribution in [1.29, 1.82) is 0 Å². The maximum Gasteiger partial charge on any atom is 0.362 e. The van der Waals surface area contributed by atoms with Gasteiger partial charge in [-0.3, -0.25) is 0 Å². The smallest absolute Gasteiger partial charge is 0.362 e. The van der Waals surface area contributed by atoms with E-state index >= 15 is 0 Å². The highest BCUT2D eigenvalue weighted by atomic mass is 35.5. The summed E-state index contributed by atoms with van der Waals surface area (Å²) in [6.07, 6.45) is 1.60. The molecule has 2 aromatic carbocycles. The molecule has 0 amide bonds. The van der Waals surface area contributed by atoms with Crippen LogP contribution in [0.1, 0.15) is 29.7 Å². The van der Waals surface area contributed by atoms with E-state index in [9.17, 15) is 9.59 Å². The van der Waals surface area contributed by atoms with E-state index in [0.29, 0.717) is 26.9 Å². The summed E-state index contributed by atoms with van der Waals surface area (Å²) in [7, 11) is 0. The van der Waals surface area contributed by atoms with Gasteiger partial charge in [-0.25, -0.2) is 14.2 Å². The zero-order chi connectivity index (χ0) is 24.0. The number of carbonyl (C=O) groups is 1.